The van der Waals surface area contributed by atoms with Crippen molar-refractivity contribution in [2.24, 2.45) is 11.7 Å². The molecule has 4 aromatic rings. The van der Waals surface area contributed by atoms with Gasteiger partial charge >= 0.3 is 6.09 Å². The summed E-state index contributed by atoms with van der Waals surface area (Å²) in [6, 6.07) is 7.23. The van der Waals surface area contributed by atoms with Gasteiger partial charge in [0.25, 0.3) is 12.0 Å². The van der Waals surface area contributed by atoms with Crippen molar-refractivity contribution in [3.63, 3.8) is 0 Å². The summed E-state index contributed by atoms with van der Waals surface area (Å²) in [5.74, 6) is -0.304. The highest BCUT2D eigenvalue weighted by atomic mass is 35.5. The number of imidazole rings is 1. The Morgan fingerprint density at radius 3 is 2.62 bits per heavy atom. The molecule has 3 heterocycles. The van der Waals surface area contributed by atoms with Crippen molar-refractivity contribution in [2.45, 2.75) is 31.7 Å². The minimum atomic E-state index is -2.80. The fourth-order valence-corrected chi connectivity index (χ4v) is 4.72. The van der Waals surface area contributed by atoms with E-state index in [-0.39, 0.29) is 44.6 Å². The van der Waals surface area contributed by atoms with E-state index in [0.717, 1.165) is 12.8 Å². The largest absolute Gasteiger partial charge is 0.495 e. The predicted molar refractivity (Wildman–Crippen MR) is 140 cm³/mol. The quantitative estimate of drug-likeness (QED) is 0.241. The van der Waals surface area contributed by atoms with Gasteiger partial charge in [0, 0.05) is 28.3 Å². The van der Waals surface area contributed by atoms with Gasteiger partial charge < -0.3 is 24.8 Å². The van der Waals surface area contributed by atoms with Crippen LogP contribution >= 0.6 is 11.6 Å². The SMILES string of the molecule is COc1cn(C(CC2CC2)c2ncc(-c3ccc(OC(N)=O)nc3F)[nH]2)c(=O)cc1-c1cc(Cl)ccc1C(F)F. The van der Waals surface area contributed by atoms with Crippen LogP contribution in [0.25, 0.3) is 22.4 Å². The number of rotatable bonds is 9. The Labute approximate surface area is 230 Å². The zero-order valence-corrected chi connectivity index (χ0v) is 21.8. The summed E-state index contributed by atoms with van der Waals surface area (Å²) in [4.78, 5) is 35.4. The number of pyridine rings is 2. The molecule has 1 amide bonds. The second-order valence-corrected chi connectivity index (χ2v) is 9.76. The molecule has 1 aromatic carbocycles. The van der Waals surface area contributed by atoms with Gasteiger partial charge in [-0.05, 0) is 36.1 Å². The van der Waals surface area contributed by atoms with Gasteiger partial charge in [-0.15, -0.1) is 0 Å². The number of nitrogens with two attached hydrogens (primary N) is 1. The van der Waals surface area contributed by atoms with Gasteiger partial charge in [-0.25, -0.2) is 18.6 Å². The maximum atomic E-state index is 14.7. The van der Waals surface area contributed by atoms with Crippen LogP contribution in [-0.4, -0.2) is 32.7 Å². The van der Waals surface area contributed by atoms with Gasteiger partial charge in [0.1, 0.15) is 11.6 Å². The summed E-state index contributed by atoms with van der Waals surface area (Å²) in [5.41, 5.74) is 4.80. The number of carbonyl (C=O) groups excluding carboxylic acids is 1. The van der Waals surface area contributed by atoms with Crippen LogP contribution in [-0.2, 0) is 0 Å². The molecule has 1 atom stereocenters. The molecule has 0 saturated heterocycles. The number of primary amides is 1. The lowest BCUT2D eigenvalue weighted by atomic mass is 9.99. The average molecular weight is 574 g/mol. The Morgan fingerprint density at radius 2 is 1.98 bits per heavy atom. The number of amides is 1. The van der Waals surface area contributed by atoms with Crippen LogP contribution in [0, 0.1) is 11.9 Å². The third kappa shape index (κ3) is 5.67. The number of alkyl halides is 2. The van der Waals surface area contributed by atoms with Crippen LogP contribution < -0.4 is 20.8 Å². The number of nitrogens with one attached hydrogen (secondary N) is 1. The number of hydrogen-bond donors (Lipinski definition) is 2. The number of halogens is 4. The first-order chi connectivity index (χ1) is 19.1. The first-order valence-corrected chi connectivity index (χ1v) is 12.6. The molecule has 0 radical (unpaired) electrons. The Balaban J connectivity index is 1.55. The van der Waals surface area contributed by atoms with Crippen LogP contribution in [0.2, 0.25) is 5.02 Å². The fraction of sp³-hybridized carbons (Fsp3) is 0.259. The number of carbonyl (C=O) groups is 1. The van der Waals surface area contributed by atoms with Crippen LogP contribution in [0.3, 0.4) is 0 Å². The van der Waals surface area contributed by atoms with Crippen LogP contribution in [0.5, 0.6) is 11.6 Å². The van der Waals surface area contributed by atoms with E-state index < -0.39 is 30.1 Å². The molecule has 0 aliphatic heterocycles. The molecule has 0 bridgehead atoms. The van der Waals surface area contributed by atoms with E-state index in [9.17, 15) is 22.8 Å². The Kier molecular flexibility index (Phi) is 7.53. The molecule has 5 rings (SSSR count). The molecular weight excluding hydrogens is 551 g/mol. The predicted octanol–water partition coefficient (Wildman–Crippen LogP) is 5.89. The second kappa shape index (κ2) is 11.0. The molecule has 3 N–H and O–H groups in total. The molecule has 40 heavy (non-hydrogen) atoms. The number of aromatic nitrogens is 4. The van der Waals surface area contributed by atoms with Crippen molar-refractivity contribution < 1.29 is 27.4 Å². The van der Waals surface area contributed by atoms with Gasteiger partial charge in [-0.1, -0.05) is 30.5 Å². The first-order valence-electron chi connectivity index (χ1n) is 12.2. The fourth-order valence-electron chi connectivity index (χ4n) is 4.54. The minimum absolute atomic E-state index is 0.0569. The summed E-state index contributed by atoms with van der Waals surface area (Å²) in [6.45, 7) is 0. The van der Waals surface area contributed by atoms with Gasteiger partial charge in [0.05, 0.1) is 36.8 Å². The highest BCUT2D eigenvalue weighted by molar-refractivity contribution is 6.30. The molecule has 3 aromatic heterocycles. The molecule has 13 heteroatoms. The van der Waals surface area contributed by atoms with E-state index in [1.165, 1.54) is 60.5 Å². The van der Waals surface area contributed by atoms with Crippen molar-refractivity contribution in [2.75, 3.05) is 7.11 Å². The third-order valence-corrected chi connectivity index (χ3v) is 6.86. The molecule has 1 aliphatic carbocycles. The number of benzene rings is 1. The highest BCUT2D eigenvalue weighted by Crippen LogP contribution is 2.41. The number of H-pyrrole nitrogens is 1. The Hall–Kier alpha value is -4.32. The molecule has 1 unspecified atom stereocenters. The highest BCUT2D eigenvalue weighted by Gasteiger charge is 2.31. The summed E-state index contributed by atoms with van der Waals surface area (Å²) in [6.07, 6.45) is 1.46. The Morgan fingerprint density at radius 1 is 1.20 bits per heavy atom. The maximum Gasteiger partial charge on any atom is 0.411 e. The normalized spacial score (nSPS) is 13.8. The lowest BCUT2D eigenvalue weighted by molar-refractivity contribution is 0.152. The Bertz CT molecular complexity index is 1640. The maximum absolute atomic E-state index is 14.7. The smallest absolute Gasteiger partial charge is 0.411 e. The van der Waals surface area contributed by atoms with E-state index in [0.29, 0.717) is 18.2 Å². The summed E-state index contributed by atoms with van der Waals surface area (Å²) < 4.78 is 53.8. The number of aromatic amines is 1. The molecule has 1 saturated carbocycles. The van der Waals surface area contributed by atoms with Crippen molar-refractivity contribution in [3.05, 3.63) is 81.5 Å². The van der Waals surface area contributed by atoms with E-state index in [2.05, 4.69) is 19.7 Å². The number of nitrogens with zero attached hydrogens (tertiary/aromatic N) is 3. The third-order valence-electron chi connectivity index (χ3n) is 6.62. The van der Waals surface area contributed by atoms with E-state index >= 15 is 0 Å². The minimum Gasteiger partial charge on any atom is -0.495 e. The van der Waals surface area contributed by atoms with E-state index in [1.54, 1.807) is 0 Å². The van der Waals surface area contributed by atoms with Crippen LogP contribution in [0.4, 0.5) is 18.0 Å². The molecule has 0 spiro atoms. The number of methoxy groups -OCH3 is 1. The first kappa shape index (κ1) is 27.3. The standard InChI is InChI=1S/C27H23ClF3N5O4/c1-39-21-12-36(23(37)10-18(21)17-9-14(28)4-5-15(17)24(29)30)20(8-13-2-3-13)26-33-11-19(34-26)16-6-7-22(35-25(16)31)40-27(32)38/h4-7,9-13,20,24H,2-3,8H2,1H3,(H2,32,38)(H,33,34). The zero-order chi connectivity index (χ0) is 28.6. The topological polar surface area (TPSA) is 125 Å². The summed E-state index contributed by atoms with van der Waals surface area (Å²) >= 11 is 6.09. The molecule has 208 valence electrons. The number of hydrogen-bond acceptors (Lipinski definition) is 6. The van der Waals surface area contributed by atoms with Gasteiger partial charge in [0.2, 0.25) is 11.8 Å². The van der Waals surface area contributed by atoms with Gasteiger partial charge in [0.15, 0.2) is 0 Å². The van der Waals surface area contributed by atoms with E-state index in [4.69, 9.17) is 22.1 Å². The monoisotopic (exact) mass is 573 g/mol. The molecular formula is C27H23ClF3N5O4. The van der Waals surface area contributed by atoms with Crippen molar-refractivity contribution in [1.82, 2.24) is 19.5 Å². The van der Waals surface area contributed by atoms with Crippen molar-refractivity contribution in [3.8, 4) is 34.0 Å². The molecule has 9 nitrogen and oxygen atoms in total. The average Bonchev–Trinajstić information content (AvgIpc) is 3.60. The lowest BCUT2D eigenvalue weighted by Gasteiger charge is -2.21. The van der Waals surface area contributed by atoms with Crippen molar-refractivity contribution in [1.29, 1.82) is 0 Å². The molecule has 1 fully saturated rings. The van der Waals surface area contributed by atoms with Gasteiger partial charge in [-0.3, -0.25) is 4.79 Å². The zero-order valence-electron chi connectivity index (χ0n) is 21.0. The van der Waals surface area contributed by atoms with E-state index in [1.807, 2.05) is 0 Å². The lowest BCUT2D eigenvalue weighted by Crippen LogP contribution is -2.26. The second-order valence-electron chi connectivity index (χ2n) is 9.32. The summed E-state index contributed by atoms with van der Waals surface area (Å²) in [7, 11) is 1.38. The molecule has 1 aliphatic rings. The summed E-state index contributed by atoms with van der Waals surface area (Å²) in [5, 5.41) is 0.233. The van der Waals surface area contributed by atoms with Crippen molar-refractivity contribution >= 4 is 17.7 Å². The van der Waals surface area contributed by atoms with Crippen LogP contribution in [0.15, 0.2) is 53.6 Å². The van der Waals surface area contributed by atoms with Gasteiger partial charge in [-0.2, -0.15) is 9.37 Å². The number of ether oxygens (including phenoxy) is 2. The van der Waals surface area contributed by atoms with Crippen LogP contribution in [0.1, 0.15) is 43.1 Å².